The summed E-state index contributed by atoms with van der Waals surface area (Å²) in [5.41, 5.74) is 7.59. The van der Waals surface area contributed by atoms with E-state index in [4.69, 9.17) is 10.5 Å². The van der Waals surface area contributed by atoms with Crippen LogP contribution in [-0.2, 0) is 0 Å². The molecule has 1 unspecified atom stereocenters. The Bertz CT molecular complexity index is 368. The van der Waals surface area contributed by atoms with Crippen LogP contribution in [0.25, 0.3) is 0 Å². The Hall–Kier alpha value is -0.680. The predicted molar refractivity (Wildman–Crippen MR) is 79.5 cm³/mol. The van der Waals surface area contributed by atoms with Crippen molar-refractivity contribution < 1.29 is 4.74 Å². The number of hydrogen-bond donors (Lipinski definition) is 2. The van der Waals surface area contributed by atoms with Crippen LogP contribution in [0.3, 0.4) is 0 Å². The van der Waals surface area contributed by atoms with Crippen LogP contribution >= 0.6 is 23.5 Å². The van der Waals surface area contributed by atoms with E-state index in [0.717, 1.165) is 23.7 Å². The summed E-state index contributed by atoms with van der Waals surface area (Å²) >= 11 is 4.09. The van der Waals surface area contributed by atoms with E-state index in [1.807, 2.05) is 30.0 Å². The first kappa shape index (κ1) is 12.8. The zero-order valence-corrected chi connectivity index (χ0v) is 11.6. The molecule has 0 spiro atoms. The largest absolute Gasteiger partial charge is 0.497 e. The molecule has 3 N–H and O–H groups in total. The Morgan fingerprint density at radius 3 is 3.00 bits per heavy atom. The number of methoxy groups -OCH3 is 1. The summed E-state index contributed by atoms with van der Waals surface area (Å²) < 4.78 is 5.20. The van der Waals surface area contributed by atoms with Gasteiger partial charge < -0.3 is 15.8 Å². The highest BCUT2D eigenvalue weighted by atomic mass is 32.2. The predicted octanol–water partition coefficient (Wildman–Crippen LogP) is 2.54. The highest BCUT2D eigenvalue weighted by molar-refractivity contribution is 8.06. The number of anilines is 2. The fourth-order valence-corrected chi connectivity index (χ4v) is 4.34. The molecule has 1 heterocycles. The molecule has 3 nitrogen and oxygen atoms in total. The fraction of sp³-hybridized carbons (Fsp3) is 0.500. The quantitative estimate of drug-likeness (QED) is 0.823. The molecule has 17 heavy (non-hydrogen) atoms. The fourth-order valence-electron chi connectivity index (χ4n) is 1.73. The minimum Gasteiger partial charge on any atom is -0.497 e. The molecule has 0 aliphatic carbocycles. The van der Waals surface area contributed by atoms with Gasteiger partial charge in [-0.05, 0) is 6.07 Å². The summed E-state index contributed by atoms with van der Waals surface area (Å²) in [5, 5.41) is 4.13. The lowest BCUT2D eigenvalue weighted by atomic mass is 10.2. The van der Waals surface area contributed by atoms with Crippen molar-refractivity contribution in [3.8, 4) is 5.75 Å². The molecule has 1 aliphatic heterocycles. The molecule has 2 rings (SSSR count). The Balaban J connectivity index is 1.91. The van der Waals surface area contributed by atoms with Crippen LogP contribution in [-0.4, -0.2) is 36.2 Å². The molecule has 1 aromatic carbocycles. The van der Waals surface area contributed by atoms with E-state index in [2.05, 4.69) is 17.1 Å². The summed E-state index contributed by atoms with van der Waals surface area (Å²) in [6.07, 6.45) is 0. The van der Waals surface area contributed by atoms with Gasteiger partial charge in [0.25, 0.3) is 0 Å². The number of rotatable bonds is 4. The van der Waals surface area contributed by atoms with Crippen LogP contribution in [0.2, 0.25) is 0 Å². The van der Waals surface area contributed by atoms with E-state index in [1.54, 1.807) is 7.11 Å². The zero-order chi connectivity index (χ0) is 12.1. The van der Waals surface area contributed by atoms with Gasteiger partial charge in [-0.1, -0.05) is 0 Å². The Labute approximate surface area is 111 Å². The maximum absolute atomic E-state index is 5.81. The molecular weight excluding hydrogens is 252 g/mol. The van der Waals surface area contributed by atoms with Gasteiger partial charge in [0, 0.05) is 52.6 Å². The molecule has 1 fully saturated rings. The molecule has 5 heteroatoms. The van der Waals surface area contributed by atoms with Crippen molar-refractivity contribution in [3.63, 3.8) is 0 Å². The van der Waals surface area contributed by atoms with Crippen molar-refractivity contribution >= 4 is 34.9 Å². The van der Waals surface area contributed by atoms with Gasteiger partial charge in [0.15, 0.2) is 0 Å². The number of nitrogens with one attached hydrogen (secondary N) is 1. The van der Waals surface area contributed by atoms with Gasteiger partial charge >= 0.3 is 0 Å². The van der Waals surface area contributed by atoms with Gasteiger partial charge in [-0.15, -0.1) is 0 Å². The van der Waals surface area contributed by atoms with E-state index in [9.17, 15) is 0 Å². The molecule has 0 saturated carbocycles. The Morgan fingerprint density at radius 1 is 1.41 bits per heavy atom. The average Bonchev–Trinajstić information content (AvgIpc) is 2.37. The van der Waals surface area contributed by atoms with Crippen molar-refractivity contribution in [1.29, 1.82) is 0 Å². The maximum Gasteiger partial charge on any atom is 0.122 e. The zero-order valence-electron chi connectivity index (χ0n) is 9.94. The molecule has 94 valence electrons. The molecule has 0 bridgehead atoms. The smallest absolute Gasteiger partial charge is 0.122 e. The van der Waals surface area contributed by atoms with E-state index >= 15 is 0 Å². The second-order valence-electron chi connectivity index (χ2n) is 3.94. The van der Waals surface area contributed by atoms with Crippen LogP contribution in [0.4, 0.5) is 11.4 Å². The molecule has 1 aliphatic rings. The Kier molecular flexibility index (Phi) is 4.74. The lowest BCUT2D eigenvalue weighted by Gasteiger charge is -2.21. The third-order valence-corrected chi connectivity index (χ3v) is 5.43. The summed E-state index contributed by atoms with van der Waals surface area (Å²) in [6.45, 7) is 0.990. The van der Waals surface area contributed by atoms with Crippen LogP contribution in [0.1, 0.15) is 0 Å². The van der Waals surface area contributed by atoms with Gasteiger partial charge in [0.05, 0.1) is 7.11 Å². The van der Waals surface area contributed by atoms with Gasteiger partial charge in [0.1, 0.15) is 5.75 Å². The van der Waals surface area contributed by atoms with Gasteiger partial charge in [-0.25, -0.2) is 0 Å². The first-order valence-electron chi connectivity index (χ1n) is 5.65. The number of ether oxygens (including phenoxy) is 1. The number of benzene rings is 1. The third-order valence-electron chi connectivity index (χ3n) is 2.58. The van der Waals surface area contributed by atoms with E-state index in [-0.39, 0.29) is 0 Å². The van der Waals surface area contributed by atoms with Gasteiger partial charge in [-0.3, -0.25) is 0 Å². The molecule has 1 saturated heterocycles. The number of thioether (sulfide) groups is 2. The molecule has 1 atom stereocenters. The number of nitrogens with two attached hydrogens (primary N) is 1. The minimum atomic E-state index is 0.696. The van der Waals surface area contributed by atoms with Gasteiger partial charge in [-0.2, -0.15) is 23.5 Å². The number of nitrogen functional groups attached to an aromatic ring is 1. The van der Waals surface area contributed by atoms with Crippen LogP contribution < -0.4 is 15.8 Å². The van der Waals surface area contributed by atoms with E-state index in [0.29, 0.717) is 5.25 Å². The number of hydrogen-bond acceptors (Lipinski definition) is 5. The van der Waals surface area contributed by atoms with E-state index in [1.165, 1.54) is 17.3 Å². The normalized spacial score (nSPS) is 19.9. The first-order chi connectivity index (χ1) is 8.28. The first-order valence-corrected chi connectivity index (χ1v) is 7.86. The Morgan fingerprint density at radius 2 is 2.29 bits per heavy atom. The van der Waals surface area contributed by atoms with Crippen molar-refractivity contribution in [3.05, 3.63) is 18.2 Å². The second-order valence-corrected chi connectivity index (χ2v) is 6.50. The topological polar surface area (TPSA) is 47.3 Å². The highest BCUT2D eigenvalue weighted by Crippen LogP contribution is 2.26. The second kappa shape index (κ2) is 6.31. The van der Waals surface area contributed by atoms with Crippen LogP contribution in [0.15, 0.2) is 18.2 Å². The lowest BCUT2D eigenvalue weighted by molar-refractivity contribution is 0.415. The van der Waals surface area contributed by atoms with Gasteiger partial charge in [0.2, 0.25) is 0 Å². The third kappa shape index (κ3) is 3.92. The molecule has 0 radical (unpaired) electrons. The summed E-state index contributed by atoms with van der Waals surface area (Å²) in [5.74, 6) is 4.58. The molecule has 1 aromatic rings. The SMILES string of the molecule is COc1cc(N)cc(NCC2CSCCS2)c1. The van der Waals surface area contributed by atoms with Crippen molar-refractivity contribution in [2.45, 2.75) is 5.25 Å². The molecule has 0 aromatic heterocycles. The molecule has 0 amide bonds. The van der Waals surface area contributed by atoms with Crippen molar-refractivity contribution in [2.24, 2.45) is 0 Å². The maximum atomic E-state index is 5.81. The highest BCUT2D eigenvalue weighted by Gasteiger charge is 2.13. The summed E-state index contributed by atoms with van der Waals surface area (Å²) in [6, 6.07) is 5.76. The van der Waals surface area contributed by atoms with Crippen molar-refractivity contribution in [2.75, 3.05) is 42.0 Å². The minimum absolute atomic E-state index is 0.696. The van der Waals surface area contributed by atoms with Crippen LogP contribution in [0.5, 0.6) is 5.75 Å². The average molecular weight is 270 g/mol. The monoisotopic (exact) mass is 270 g/mol. The summed E-state index contributed by atoms with van der Waals surface area (Å²) in [4.78, 5) is 0. The standard InChI is InChI=1S/C12H18N2OS2/c1-15-11-5-9(13)4-10(6-11)14-7-12-8-16-2-3-17-12/h4-6,12,14H,2-3,7-8,13H2,1H3. The molecular formula is C12H18N2OS2. The van der Waals surface area contributed by atoms with Crippen molar-refractivity contribution in [1.82, 2.24) is 0 Å². The lowest BCUT2D eigenvalue weighted by Crippen LogP contribution is -2.23. The van der Waals surface area contributed by atoms with E-state index < -0.39 is 0 Å². The van der Waals surface area contributed by atoms with Crippen LogP contribution in [0, 0.1) is 0 Å². The summed E-state index contributed by atoms with van der Waals surface area (Å²) in [7, 11) is 1.66.